The standard InChI is InChI=1S/C51H36N3P/c1-36-48-32-40(37-14-6-2-7-15-37)24-28-50(48)54(51-29-25-41(33-49(36)51)38-16-8-3-9-17-38)43-26-22-39(23-27-43)42-30-46(34-52)55(47(31-42)35-53,44-18-10-4-11-19-44)45-20-12-5-13-21-45/h2-33,36H,1H3. The van der Waals surface area contributed by atoms with Crippen molar-refractivity contribution in [3.8, 4) is 34.4 Å². The van der Waals surface area contributed by atoms with E-state index in [0.717, 1.165) is 38.8 Å². The van der Waals surface area contributed by atoms with Gasteiger partial charge < -0.3 is 4.90 Å². The van der Waals surface area contributed by atoms with E-state index in [9.17, 15) is 10.5 Å². The summed E-state index contributed by atoms with van der Waals surface area (Å²) in [5.74, 6) is 0.174. The highest BCUT2D eigenvalue weighted by atomic mass is 31.2. The fourth-order valence-electron chi connectivity index (χ4n) is 8.26. The van der Waals surface area contributed by atoms with E-state index in [1.54, 1.807) is 0 Å². The predicted molar refractivity (Wildman–Crippen MR) is 231 cm³/mol. The molecular weight excluding hydrogens is 686 g/mol. The summed E-state index contributed by atoms with van der Waals surface area (Å²) in [5, 5.41) is 24.8. The molecule has 7 aromatic rings. The second-order valence-corrected chi connectivity index (χ2v) is 17.3. The molecule has 0 saturated carbocycles. The highest BCUT2D eigenvalue weighted by Crippen LogP contribution is 2.57. The molecule has 0 N–H and O–H groups in total. The number of nitrogens with zero attached hydrogens (tertiary/aromatic N) is 3. The predicted octanol–water partition coefficient (Wildman–Crippen LogP) is 12.1. The first-order chi connectivity index (χ1) is 27.1. The van der Waals surface area contributed by atoms with Crippen LogP contribution in [0.25, 0.3) is 27.8 Å². The molecule has 9 rings (SSSR count). The van der Waals surface area contributed by atoms with Crippen LogP contribution in [0, 0.1) is 22.7 Å². The van der Waals surface area contributed by atoms with Crippen molar-refractivity contribution in [3.63, 3.8) is 0 Å². The lowest BCUT2D eigenvalue weighted by molar-refractivity contribution is 0.893. The van der Waals surface area contributed by atoms with Crippen LogP contribution in [0.2, 0.25) is 0 Å². The molecule has 2 heterocycles. The van der Waals surface area contributed by atoms with E-state index in [-0.39, 0.29) is 5.92 Å². The van der Waals surface area contributed by atoms with Crippen LogP contribution in [0.4, 0.5) is 17.1 Å². The normalized spacial score (nSPS) is 14.5. The van der Waals surface area contributed by atoms with E-state index < -0.39 is 6.89 Å². The van der Waals surface area contributed by atoms with Gasteiger partial charge in [0.25, 0.3) is 0 Å². The number of hydrogen-bond acceptors (Lipinski definition) is 3. The lowest BCUT2D eigenvalue weighted by Gasteiger charge is -2.37. The summed E-state index contributed by atoms with van der Waals surface area (Å²) in [4.78, 5) is 2.37. The Morgan fingerprint density at radius 2 is 0.927 bits per heavy atom. The summed E-state index contributed by atoms with van der Waals surface area (Å²) >= 11 is 0. The van der Waals surface area contributed by atoms with Gasteiger partial charge in [-0.1, -0.05) is 153 Å². The Morgan fingerprint density at radius 1 is 0.473 bits per heavy atom. The quantitative estimate of drug-likeness (QED) is 0.161. The molecule has 4 heteroatoms. The Labute approximate surface area is 323 Å². The lowest BCUT2D eigenvalue weighted by atomic mass is 9.83. The Hall–Kier alpha value is -6.90. The molecular formula is C51H36N3P. The Kier molecular flexibility index (Phi) is 8.72. The molecule has 0 aromatic heterocycles. The molecule has 0 unspecified atom stereocenters. The van der Waals surface area contributed by atoms with Crippen LogP contribution in [0.3, 0.4) is 0 Å². The summed E-state index contributed by atoms with van der Waals surface area (Å²) in [6, 6.07) is 68.6. The number of benzene rings is 7. The molecule has 3 nitrogen and oxygen atoms in total. The van der Waals surface area contributed by atoms with Gasteiger partial charge in [0.05, 0.1) is 10.6 Å². The van der Waals surface area contributed by atoms with E-state index in [1.807, 2.05) is 48.6 Å². The van der Waals surface area contributed by atoms with Crippen molar-refractivity contribution in [2.45, 2.75) is 12.8 Å². The number of fused-ring (bicyclic) bond motifs is 2. The zero-order valence-corrected chi connectivity index (χ0v) is 31.2. The van der Waals surface area contributed by atoms with Crippen molar-refractivity contribution in [3.05, 3.63) is 216 Å². The zero-order chi connectivity index (χ0) is 37.4. The Bertz CT molecular complexity index is 2640. The fraction of sp³-hybridized carbons (Fsp3) is 0.0392. The van der Waals surface area contributed by atoms with Gasteiger partial charge in [0.1, 0.15) is 12.1 Å². The molecule has 0 spiro atoms. The minimum Gasteiger partial charge on any atom is -0.310 e. The number of hydrogen-bond donors (Lipinski definition) is 0. The first-order valence-corrected chi connectivity index (χ1v) is 20.3. The minimum atomic E-state index is -2.67. The molecule has 7 aromatic carbocycles. The van der Waals surface area contributed by atoms with Gasteiger partial charge in [-0.2, -0.15) is 10.5 Å². The Balaban J connectivity index is 1.18. The summed E-state index contributed by atoms with van der Waals surface area (Å²) in [6.45, 7) is -0.353. The van der Waals surface area contributed by atoms with Crippen LogP contribution in [0.15, 0.2) is 199 Å². The molecule has 0 atom stereocenters. The average molecular weight is 722 g/mol. The van der Waals surface area contributed by atoms with Crippen molar-refractivity contribution in [2.24, 2.45) is 0 Å². The summed E-state index contributed by atoms with van der Waals surface area (Å²) in [5.41, 5.74) is 12.5. The third-order valence-corrected chi connectivity index (χ3v) is 15.0. The number of rotatable bonds is 6. The van der Waals surface area contributed by atoms with Crippen LogP contribution >= 0.6 is 6.89 Å². The number of allylic oxidation sites excluding steroid dienone is 4. The van der Waals surface area contributed by atoms with Gasteiger partial charge in [-0.3, -0.25) is 0 Å². The minimum absolute atomic E-state index is 0.174. The van der Waals surface area contributed by atoms with Gasteiger partial charge in [-0.15, -0.1) is 0 Å². The molecule has 260 valence electrons. The second-order valence-electron chi connectivity index (χ2n) is 14.0. The second kappa shape index (κ2) is 14.2. The monoisotopic (exact) mass is 721 g/mol. The third kappa shape index (κ3) is 5.75. The zero-order valence-electron chi connectivity index (χ0n) is 30.3. The number of anilines is 3. The summed E-state index contributed by atoms with van der Waals surface area (Å²) < 4.78 is 0. The van der Waals surface area contributed by atoms with Gasteiger partial charge in [0.2, 0.25) is 0 Å². The largest absolute Gasteiger partial charge is 0.310 e. The van der Waals surface area contributed by atoms with E-state index in [1.165, 1.54) is 33.4 Å². The fourth-order valence-corrected chi connectivity index (χ4v) is 12.1. The Morgan fingerprint density at radius 3 is 1.38 bits per heavy atom. The van der Waals surface area contributed by atoms with Crippen molar-refractivity contribution >= 4 is 45.4 Å². The lowest BCUT2D eigenvalue weighted by Crippen LogP contribution is -2.24. The SMILES string of the molecule is CC1c2cc(-c3ccccc3)ccc2N(c2ccc(C3=CC(C#N)=P(c4ccccc4)(c4ccccc4)C(C#N)=C3)cc2)c2ccc(-c3ccccc3)cc21. The highest BCUT2D eigenvalue weighted by Gasteiger charge is 2.35. The molecule has 55 heavy (non-hydrogen) atoms. The van der Waals surface area contributed by atoms with E-state index >= 15 is 0 Å². The van der Waals surface area contributed by atoms with Crippen molar-refractivity contribution in [1.29, 1.82) is 10.5 Å². The molecule has 2 aliphatic heterocycles. The smallest absolute Gasteiger partial charge is 0.100 e. The van der Waals surface area contributed by atoms with Gasteiger partial charge in [0, 0.05) is 29.9 Å². The molecule has 2 aliphatic rings. The first-order valence-electron chi connectivity index (χ1n) is 18.5. The van der Waals surface area contributed by atoms with E-state index in [2.05, 4.69) is 170 Å². The van der Waals surface area contributed by atoms with Crippen LogP contribution in [0.1, 0.15) is 29.5 Å². The summed E-state index contributed by atoms with van der Waals surface area (Å²) in [6.07, 6.45) is 4.01. The molecule has 0 saturated heterocycles. The van der Waals surface area contributed by atoms with Crippen LogP contribution in [-0.2, 0) is 0 Å². The van der Waals surface area contributed by atoms with E-state index in [0.29, 0.717) is 10.6 Å². The van der Waals surface area contributed by atoms with Crippen LogP contribution < -0.4 is 15.5 Å². The highest BCUT2D eigenvalue weighted by molar-refractivity contribution is 7.93. The van der Waals surface area contributed by atoms with Crippen molar-refractivity contribution < 1.29 is 0 Å². The topological polar surface area (TPSA) is 50.8 Å². The van der Waals surface area contributed by atoms with Gasteiger partial charge >= 0.3 is 0 Å². The van der Waals surface area contributed by atoms with Crippen LogP contribution in [-0.4, -0.2) is 5.29 Å². The van der Waals surface area contributed by atoms with Crippen molar-refractivity contribution in [2.75, 3.05) is 4.90 Å². The summed E-state index contributed by atoms with van der Waals surface area (Å²) in [7, 11) is 0. The van der Waals surface area contributed by atoms with E-state index in [4.69, 9.17) is 0 Å². The average Bonchev–Trinajstić information content (AvgIpc) is 3.27. The van der Waals surface area contributed by atoms with Gasteiger partial charge in [-0.05, 0) is 104 Å². The van der Waals surface area contributed by atoms with Crippen molar-refractivity contribution in [1.82, 2.24) is 0 Å². The maximum Gasteiger partial charge on any atom is 0.100 e. The molecule has 0 radical (unpaired) electrons. The number of nitriles is 2. The van der Waals surface area contributed by atoms with Gasteiger partial charge in [-0.25, -0.2) is 0 Å². The molecule has 0 amide bonds. The van der Waals surface area contributed by atoms with Crippen LogP contribution in [0.5, 0.6) is 0 Å². The molecule has 0 aliphatic carbocycles. The first kappa shape index (κ1) is 33.9. The van der Waals surface area contributed by atoms with Gasteiger partial charge in [0.15, 0.2) is 0 Å². The molecule has 0 bridgehead atoms. The maximum absolute atomic E-state index is 10.8. The molecule has 0 fully saturated rings. The third-order valence-electron chi connectivity index (χ3n) is 11.0. The maximum atomic E-state index is 10.8.